The number of benzene rings is 1. The van der Waals surface area contributed by atoms with Crippen molar-refractivity contribution in [1.29, 1.82) is 0 Å². The Balaban J connectivity index is 1.74. The van der Waals surface area contributed by atoms with E-state index in [9.17, 15) is 22.8 Å². The van der Waals surface area contributed by atoms with Crippen molar-refractivity contribution < 1.29 is 22.7 Å². The van der Waals surface area contributed by atoms with Crippen LogP contribution in [0.2, 0.25) is 0 Å². The number of carbonyl (C=O) groups is 1. The van der Waals surface area contributed by atoms with Gasteiger partial charge in [-0.3, -0.25) is 15.2 Å². The summed E-state index contributed by atoms with van der Waals surface area (Å²) in [5, 5.41) is 4.70. The smallest absolute Gasteiger partial charge is 0.417 e. The molecule has 2 heterocycles. The first-order valence-corrected chi connectivity index (χ1v) is 7.66. The number of nitrogens with zero attached hydrogens (tertiary/aromatic N) is 2. The van der Waals surface area contributed by atoms with Gasteiger partial charge in [-0.25, -0.2) is 14.5 Å². The first-order valence-electron chi connectivity index (χ1n) is 7.66. The molecule has 2 aromatic heterocycles. The van der Waals surface area contributed by atoms with Gasteiger partial charge in [-0.15, -0.1) is 0 Å². The molecular formula is C17H13F3N4O3. The molecule has 0 spiro atoms. The van der Waals surface area contributed by atoms with Crippen LogP contribution in [-0.4, -0.2) is 20.9 Å². The highest BCUT2D eigenvalue weighted by molar-refractivity contribution is 5.83. The predicted octanol–water partition coefficient (Wildman–Crippen LogP) is 3.33. The molecule has 7 nitrogen and oxygen atoms in total. The van der Waals surface area contributed by atoms with Gasteiger partial charge < -0.3 is 4.74 Å². The Morgan fingerprint density at radius 3 is 2.56 bits per heavy atom. The number of amides is 1. The molecule has 0 saturated heterocycles. The van der Waals surface area contributed by atoms with Gasteiger partial charge in [-0.05, 0) is 17.7 Å². The SMILES string of the molecule is O=C(Nc1cc(=O)[nH]n1-c1ccc(C(F)(F)F)cn1)OCc1ccccc1. The van der Waals surface area contributed by atoms with Crippen molar-refractivity contribution in [2.24, 2.45) is 0 Å². The van der Waals surface area contributed by atoms with Gasteiger partial charge in [0.2, 0.25) is 0 Å². The summed E-state index contributed by atoms with van der Waals surface area (Å²) in [6, 6.07) is 11.9. The summed E-state index contributed by atoms with van der Waals surface area (Å²) in [4.78, 5) is 27.2. The van der Waals surface area contributed by atoms with E-state index in [0.29, 0.717) is 6.20 Å². The quantitative estimate of drug-likeness (QED) is 0.729. The lowest BCUT2D eigenvalue weighted by Crippen LogP contribution is -2.17. The Labute approximate surface area is 150 Å². The Morgan fingerprint density at radius 2 is 1.93 bits per heavy atom. The first kappa shape index (κ1) is 18.2. The largest absolute Gasteiger partial charge is 0.444 e. The van der Waals surface area contributed by atoms with E-state index in [2.05, 4.69) is 15.4 Å². The fourth-order valence-corrected chi connectivity index (χ4v) is 2.21. The second kappa shape index (κ2) is 7.36. The standard InChI is InChI=1S/C17H13F3N4O3/c18-17(19,20)12-6-7-13(21-9-12)24-14(8-15(25)23-24)22-16(26)27-10-11-4-2-1-3-5-11/h1-9H,10H2,(H,22,26)(H,23,25). The van der Waals surface area contributed by atoms with E-state index in [1.54, 1.807) is 24.3 Å². The third-order valence-electron chi connectivity index (χ3n) is 3.48. The number of nitrogens with one attached hydrogen (secondary N) is 2. The van der Waals surface area contributed by atoms with Crippen LogP contribution in [0, 0.1) is 0 Å². The fraction of sp³-hybridized carbons (Fsp3) is 0.118. The summed E-state index contributed by atoms with van der Waals surface area (Å²) in [6.07, 6.45) is -4.73. The summed E-state index contributed by atoms with van der Waals surface area (Å²) < 4.78 is 44.0. The fourth-order valence-electron chi connectivity index (χ4n) is 2.21. The maximum absolute atomic E-state index is 12.6. The van der Waals surface area contributed by atoms with Gasteiger partial charge >= 0.3 is 12.3 Å². The van der Waals surface area contributed by atoms with E-state index in [1.807, 2.05) is 6.07 Å². The third kappa shape index (κ3) is 4.54. The summed E-state index contributed by atoms with van der Waals surface area (Å²) in [5.41, 5.74) is -0.740. The second-order valence-electron chi connectivity index (χ2n) is 5.43. The summed E-state index contributed by atoms with van der Waals surface area (Å²) in [6.45, 7) is 0.0137. The number of alkyl halides is 3. The average Bonchev–Trinajstić information content (AvgIpc) is 3.00. The molecular weight excluding hydrogens is 365 g/mol. The highest BCUT2D eigenvalue weighted by Crippen LogP contribution is 2.28. The number of hydrogen-bond acceptors (Lipinski definition) is 4. The normalized spacial score (nSPS) is 11.2. The molecule has 2 N–H and O–H groups in total. The van der Waals surface area contributed by atoms with Crippen molar-refractivity contribution in [3.8, 4) is 5.82 Å². The minimum atomic E-state index is -4.53. The predicted molar refractivity (Wildman–Crippen MR) is 89.4 cm³/mol. The van der Waals surface area contributed by atoms with Crippen molar-refractivity contribution in [2.45, 2.75) is 12.8 Å². The van der Waals surface area contributed by atoms with Crippen LogP contribution in [0.5, 0.6) is 0 Å². The van der Waals surface area contributed by atoms with Crippen molar-refractivity contribution in [1.82, 2.24) is 14.8 Å². The minimum Gasteiger partial charge on any atom is -0.444 e. The molecule has 0 saturated carbocycles. The molecule has 10 heteroatoms. The molecule has 1 aromatic carbocycles. The lowest BCUT2D eigenvalue weighted by Gasteiger charge is -2.11. The Hall–Kier alpha value is -3.56. The Kier molecular flexibility index (Phi) is 4.97. The van der Waals surface area contributed by atoms with Gasteiger partial charge in [0.25, 0.3) is 5.56 Å². The Morgan fingerprint density at radius 1 is 1.19 bits per heavy atom. The van der Waals surface area contributed by atoms with Crippen LogP contribution in [0.1, 0.15) is 11.1 Å². The van der Waals surface area contributed by atoms with Crippen LogP contribution in [0.4, 0.5) is 23.8 Å². The molecule has 3 rings (SSSR count). The third-order valence-corrected chi connectivity index (χ3v) is 3.48. The zero-order valence-corrected chi connectivity index (χ0v) is 13.7. The van der Waals surface area contributed by atoms with Crippen LogP contribution in [0.25, 0.3) is 5.82 Å². The topological polar surface area (TPSA) is 89.0 Å². The molecule has 0 bridgehead atoms. The van der Waals surface area contributed by atoms with Gasteiger partial charge in [0.15, 0.2) is 5.82 Å². The van der Waals surface area contributed by atoms with Crippen LogP contribution in [0.15, 0.2) is 59.5 Å². The van der Waals surface area contributed by atoms with Crippen LogP contribution < -0.4 is 10.9 Å². The number of anilines is 1. The van der Waals surface area contributed by atoms with E-state index in [0.717, 1.165) is 28.4 Å². The van der Waals surface area contributed by atoms with Crippen LogP contribution in [0.3, 0.4) is 0 Å². The lowest BCUT2D eigenvalue weighted by molar-refractivity contribution is -0.137. The van der Waals surface area contributed by atoms with Crippen molar-refractivity contribution in [2.75, 3.05) is 5.32 Å². The van der Waals surface area contributed by atoms with Crippen LogP contribution >= 0.6 is 0 Å². The zero-order chi connectivity index (χ0) is 19.4. The molecule has 27 heavy (non-hydrogen) atoms. The number of ether oxygens (including phenoxy) is 1. The molecule has 0 aliphatic heterocycles. The van der Waals surface area contributed by atoms with Gasteiger partial charge in [0, 0.05) is 12.3 Å². The van der Waals surface area contributed by atoms with E-state index >= 15 is 0 Å². The summed E-state index contributed by atoms with van der Waals surface area (Å²) >= 11 is 0. The number of halogens is 3. The molecule has 3 aromatic rings. The highest BCUT2D eigenvalue weighted by Gasteiger charge is 2.30. The number of pyridine rings is 1. The van der Waals surface area contributed by atoms with Gasteiger partial charge in [0.05, 0.1) is 5.56 Å². The summed E-state index contributed by atoms with van der Waals surface area (Å²) in [7, 11) is 0. The molecule has 1 amide bonds. The van der Waals surface area contributed by atoms with Crippen molar-refractivity contribution in [3.63, 3.8) is 0 Å². The molecule has 0 unspecified atom stereocenters. The monoisotopic (exact) mass is 378 g/mol. The number of rotatable bonds is 4. The number of aromatic nitrogens is 3. The number of hydrogen-bond donors (Lipinski definition) is 2. The van der Waals surface area contributed by atoms with Crippen molar-refractivity contribution >= 4 is 11.9 Å². The molecule has 0 fully saturated rings. The number of H-pyrrole nitrogens is 1. The molecule has 140 valence electrons. The van der Waals surface area contributed by atoms with Gasteiger partial charge in [-0.2, -0.15) is 13.2 Å². The van der Waals surface area contributed by atoms with E-state index < -0.39 is 23.4 Å². The first-order chi connectivity index (χ1) is 12.8. The Bertz CT molecular complexity index is 979. The summed E-state index contributed by atoms with van der Waals surface area (Å²) in [5.74, 6) is -0.0335. The van der Waals surface area contributed by atoms with Crippen molar-refractivity contribution in [3.05, 3.63) is 76.2 Å². The van der Waals surface area contributed by atoms with E-state index in [4.69, 9.17) is 4.74 Å². The average molecular weight is 378 g/mol. The maximum Gasteiger partial charge on any atom is 0.417 e. The lowest BCUT2D eigenvalue weighted by atomic mass is 10.2. The second-order valence-corrected chi connectivity index (χ2v) is 5.43. The van der Waals surface area contributed by atoms with E-state index in [-0.39, 0.29) is 18.2 Å². The highest BCUT2D eigenvalue weighted by atomic mass is 19.4. The minimum absolute atomic E-state index is 0.0107. The van der Waals surface area contributed by atoms with Gasteiger partial charge in [0.1, 0.15) is 12.4 Å². The number of carbonyl (C=O) groups excluding carboxylic acids is 1. The van der Waals surface area contributed by atoms with Crippen LogP contribution in [-0.2, 0) is 17.5 Å². The molecule has 0 radical (unpaired) electrons. The molecule has 0 aliphatic rings. The molecule has 0 atom stereocenters. The van der Waals surface area contributed by atoms with E-state index in [1.165, 1.54) is 0 Å². The molecule has 0 aliphatic carbocycles. The van der Waals surface area contributed by atoms with Gasteiger partial charge in [-0.1, -0.05) is 30.3 Å². The zero-order valence-electron chi connectivity index (χ0n) is 13.7. The maximum atomic E-state index is 12.6. The number of aromatic amines is 1.